The van der Waals surface area contributed by atoms with Crippen molar-refractivity contribution in [3.05, 3.63) is 59.4 Å². The molecule has 0 saturated carbocycles. The smallest absolute Gasteiger partial charge is 0.414 e. The van der Waals surface area contributed by atoms with Gasteiger partial charge in [-0.15, -0.1) is 0 Å². The number of β-amino-alcohol motifs (C(OH)–C–C–N with tert-alkyl or cyclic N) is 1. The van der Waals surface area contributed by atoms with Crippen LogP contribution in [0.15, 0.2) is 42.5 Å². The van der Waals surface area contributed by atoms with Crippen molar-refractivity contribution in [3.8, 4) is 0 Å². The summed E-state index contributed by atoms with van der Waals surface area (Å²) in [4.78, 5) is 41.7. The molecule has 0 spiro atoms. The van der Waals surface area contributed by atoms with E-state index in [1.807, 2.05) is 4.90 Å². The number of halogens is 1. The van der Waals surface area contributed by atoms with E-state index in [9.17, 15) is 23.9 Å². The van der Waals surface area contributed by atoms with Gasteiger partial charge in [-0.05, 0) is 37.3 Å². The maximum atomic E-state index is 14.9. The minimum atomic E-state index is -1.28. The zero-order chi connectivity index (χ0) is 24.2. The quantitative estimate of drug-likeness (QED) is 0.619. The summed E-state index contributed by atoms with van der Waals surface area (Å²) in [5, 5.41) is 10.7. The SMILES string of the molecule is CCOC(=O)N(C[C@@H](O)CN1C(=O)c2ccccc2C1=O)c1ccc(N2CCOCC2)c(F)c1. The maximum absolute atomic E-state index is 14.9. The number of carbonyl (C=O) groups is 3. The van der Waals surface area contributed by atoms with Gasteiger partial charge < -0.3 is 19.5 Å². The highest BCUT2D eigenvalue weighted by molar-refractivity contribution is 6.21. The van der Waals surface area contributed by atoms with Gasteiger partial charge in [-0.1, -0.05) is 12.1 Å². The van der Waals surface area contributed by atoms with E-state index < -0.39 is 29.8 Å². The van der Waals surface area contributed by atoms with Crippen LogP contribution in [0.1, 0.15) is 27.6 Å². The van der Waals surface area contributed by atoms with Crippen LogP contribution in [0.25, 0.3) is 0 Å². The van der Waals surface area contributed by atoms with Gasteiger partial charge in [0.2, 0.25) is 0 Å². The molecule has 1 N–H and O–H groups in total. The average Bonchev–Trinajstić information content (AvgIpc) is 3.08. The molecule has 1 fully saturated rings. The molecule has 2 aliphatic heterocycles. The number of imide groups is 1. The molecule has 2 aliphatic rings. The van der Waals surface area contributed by atoms with Crippen LogP contribution in [0, 0.1) is 5.82 Å². The van der Waals surface area contributed by atoms with E-state index in [4.69, 9.17) is 9.47 Å². The van der Waals surface area contributed by atoms with E-state index in [1.165, 1.54) is 6.07 Å². The fourth-order valence-electron chi connectivity index (χ4n) is 4.10. The van der Waals surface area contributed by atoms with Crippen molar-refractivity contribution < 1.29 is 33.4 Å². The number of morpholine rings is 1. The molecular formula is C24H26FN3O6. The lowest BCUT2D eigenvalue weighted by Crippen LogP contribution is -2.45. The Hall–Kier alpha value is -3.50. The van der Waals surface area contributed by atoms with Crippen molar-refractivity contribution in [2.45, 2.75) is 13.0 Å². The van der Waals surface area contributed by atoms with Gasteiger partial charge in [0.1, 0.15) is 5.82 Å². The molecule has 2 heterocycles. The third kappa shape index (κ3) is 4.73. The van der Waals surface area contributed by atoms with E-state index >= 15 is 0 Å². The lowest BCUT2D eigenvalue weighted by molar-refractivity contribution is 0.0551. The van der Waals surface area contributed by atoms with Crippen LogP contribution in [0.2, 0.25) is 0 Å². The van der Waals surface area contributed by atoms with Crippen molar-refractivity contribution in [2.75, 3.05) is 55.8 Å². The number of aliphatic hydroxyl groups is 1. The first-order valence-electron chi connectivity index (χ1n) is 11.1. The first-order valence-corrected chi connectivity index (χ1v) is 11.1. The van der Waals surface area contributed by atoms with Crippen molar-refractivity contribution in [1.29, 1.82) is 0 Å². The number of hydrogen-bond donors (Lipinski definition) is 1. The van der Waals surface area contributed by atoms with Crippen LogP contribution in [0.4, 0.5) is 20.6 Å². The van der Waals surface area contributed by atoms with Gasteiger partial charge in [-0.25, -0.2) is 9.18 Å². The summed E-state index contributed by atoms with van der Waals surface area (Å²) in [7, 11) is 0. The highest BCUT2D eigenvalue weighted by Crippen LogP contribution is 2.27. The molecule has 0 unspecified atom stereocenters. The topological polar surface area (TPSA) is 99.6 Å². The Morgan fingerprint density at radius 1 is 1.15 bits per heavy atom. The number of anilines is 2. The lowest BCUT2D eigenvalue weighted by Gasteiger charge is -2.30. The molecule has 0 aliphatic carbocycles. The van der Waals surface area contributed by atoms with E-state index in [2.05, 4.69) is 0 Å². The summed E-state index contributed by atoms with van der Waals surface area (Å²) in [6.45, 7) is 3.19. The predicted octanol–water partition coefficient (Wildman–Crippen LogP) is 2.28. The highest BCUT2D eigenvalue weighted by Gasteiger charge is 2.36. The van der Waals surface area contributed by atoms with Crippen LogP contribution in [0.5, 0.6) is 0 Å². The third-order valence-corrected chi connectivity index (χ3v) is 5.75. The van der Waals surface area contributed by atoms with E-state index in [0.717, 1.165) is 9.80 Å². The number of fused-ring (bicyclic) bond motifs is 1. The minimum Gasteiger partial charge on any atom is -0.449 e. The Kier molecular flexibility index (Phi) is 7.09. The first-order chi connectivity index (χ1) is 16.4. The Balaban J connectivity index is 1.51. The van der Waals surface area contributed by atoms with Gasteiger partial charge in [-0.3, -0.25) is 19.4 Å². The molecule has 34 heavy (non-hydrogen) atoms. The van der Waals surface area contributed by atoms with E-state index in [-0.39, 0.29) is 36.5 Å². The van der Waals surface area contributed by atoms with Crippen LogP contribution < -0.4 is 9.80 Å². The van der Waals surface area contributed by atoms with Crippen LogP contribution >= 0.6 is 0 Å². The van der Waals surface area contributed by atoms with Gasteiger partial charge in [-0.2, -0.15) is 0 Å². The summed E-state index contributed by atoms with van der Waals surface area (Å²) < 4.78 is 25.3. The molecule has 1 saturated heterocycles. The highest BCUT2D eigenvalue weighted by atomic mass is 19.1. The molecule has 0 bridgehead atoms. The van der Waals surface area contributed by atoms with Gasteiger partial charge in [0.15, 0.2) is 0 Å². The minimum absolute atomic E-state index is 0.0815. The number of hydrogen-bond acceptors (Lipinski definition) is 7. The summed E-state index contributed by atoms with van der Waals surface area (Å²) >= 11 is 0. The summed E-state index contributed by atoms with van der Waals surface area (Å²) in [5.41, 5.74) is 1.11. The van der Waals surface area contributed by atoms with Crippen LogP contribution in [-0.4, -0.2) is 80.0 Å². The number of amides is 3. The molecular weight excluding hydrogens is 445 g/mol. The second kappa shape index (κ2) is 10.2. The zero-order valence-electron chi connectivity index (χ0n) is 18.8. The van der Waals surface area contributed by atoms with Gasteiger partial charge >= 0.3 is 6.09 Å². The number of nitrogens with zero attached hydrogens (tertiary/aromatic N) is 3. The molecule has 4 rings (SSSR count). The standard InChI is InChI=1S/C24H26FN3O6/c1-2-34-24(32)27(16-7-8-21(20(25)13-16)26-9-11-33-12-10-26)14-17(29)15-28-22(30)18-5-3-4-6-19(18)23(28)31/h3-8,13,17,29H,2,9-12,14-15H2,1H3/t17-/m1/s1. The summed E-state index contributed by atoms with van der Waals surface area (Å²) in [5.74, 6) is -1.55. The molecule has 180 valence electrons. The van der Waals surface area contributed by atoms with E-state index in [1.54, 1.807) is 43.3 Å². The average molecular weight is 471 g/mol. The van der Waals surface area contributed by atoms with Crippen molar-refractivity contribution in [1.82, 2.24) is 4.90 Å². The molecule has 0 radical (unpaired) electrons. The van der Waals surface area contributed by atoms with E-state index in [0.29, 0.717) is 32.0 Å². The monoisotopic (exact) mass is 471 g/mol. The molecule has 2 aromatic rings. The Morgan fingerprint density at radius 3 is 2.38 bits per heavy atom. The first kappa shape index (κ1) is 23.7. The molecule has 2 aromatic carbocycles. The largest absolute Gasteiger partial charge is 0.449 e. The normalized spacial score (nSPS) is 16.4. The van der Waals surface area contributed by atoms with Gasteiger partial charge in [0.25, 0.3) is 11.8 Å². The number of ether oxygens (including phenoxy) is 2. The molecule has 10 heteroatoms. The molecule has 1 atom stereocenters. The number of carbonyl (C=O) groups excluding carboxylic acids is 3. The second-order valence-electron chi connectivity index (χ2n) is 7.96. The third-order valence-electron chi connectivity index (χ3n) is 5.75. The van der Waals surface area contributed by atoms with Gasteiger partial charge in [0, 0.05) is 13.1 Å². The molecule has 3 amide bonds. The summed E-state index contributed by atoms with van der Waals surface area (Å²) in [6.07, 6.45) is -2.06. The Bertz CT molecular complexity index is 1050. The summed E-state index contributed by atoms with van der Waals surface area (Å²) in [6, 6.07) is 10.7. The number of rotatable bonds is 7. The van der Waals surface area contributed by atoms with Crippen molar-refractivity contribution in [3.63, 3.8) is 0 Å². The molecule has 0 aromatic heterocycles. The predicted molar refractivity (Wildman–Crippen MR) is 122 cm³/mol. The van der Waals surface area contributed by atoms with Crippen molar-refractivity contribution in [2.24, 2.45) is 0 Å². The Morgan fingerprint density at radius 2 is 1.79 bits per heavy atom. The van der Waals surface area contributed by atoms with Gasteiger partial charge in [0.05, 0.1) is 61.5 Å². The number of aliphatic hydroxyl groups excluding tert-OH is 1. The zero-order valence-corrected chi connectivity index (χ0v) is 18.8. The Labute approximate surface area is 196 Å². The number of benzene rings is 2. The fraction of sp³-hybridized carbons (Fsp3) is 0.375. The van der Waals surface area contributed by atoms with Crippen LogP contribution in [-0.2, 0) is 9.47 Å². The van der Waals surface area contributed by atoms with Crippen molar-refractivity contribution >= 4 is 29.3 Å². The molecule has 9 nitrogen and oxygen atoms in total. The fourth-order valence-corrected chi connectivity index (χ4v) is 4.10. The second-order valence-corrected chi connectivity index (χ2v) is 7.96. The lowest BCUT2D eigenvalue weighted by atomic mass is 10.1. The maximum Gasteiger partial charge on any atom is 0.414 e. The van der Waals surface area contributed by atoms with Crippen LogP contribution in [0.3, 0.4) is 0 Å².